The molecule has 5 atom stereocenters. The maximum Gasteiger partial charge on any atom is 0.416 e. The Labute approximate surface area is 210 Å². The van der Waals surface area contributed by atoms with E-state index in [9.17, 15) is 18.3 Å². The Balaban J connectivity index is 1.37. The number of halogens is 4. The molecule has 3 aromatic rings. The fourth-order valence-electron chi connectivity index (χ4n) is 4.62. The molecule has 3 N–H and O–H groups in total. The molecule has 2 fully saturated rings. The summed E-state index contributed by atoms with van der Waals surface area (Å²) in [6.45, 7) is 2.13. The number of benzene rings is 1. The predicted octanol–water partition coefficient (Wildman–Crippen LogP) is 4.78. The fraction of sp³-hybridized carbons (Fsp3) is 0.360. The molecule has 0 bridgehead atoms. The number of ether oxygens (including phenoxy) is 3. The summed E-state index contributed by atoms with van der Waals surface area (Å²) < 4.78 is 57.7. The van der Waals surface area contributed by atoms with Crippen LogP contribution in [0.4, 0.5) is 19.0 Å². The molecule has 2 saturated heterocycles. The quantitative estimate of drug-likeness (QED) is 0.498. The van der Waals surface area contributed by atoms with E-state index in [4.69, 9.17) is 31.5 Å². The van der Waals surface area contributed by atoms with Crippen LogP contribution >= 0.6 is 11.6 Å². The van der Waals surface area contributed by atoms with Gasteiger partial charge in [-0.3, -0.25) is 4.98 Å². The molecule has 36 heavy (non-hydrogen) atoms. The number of alkyl halides is 3. The van der Waals surface area contributed by atoms with Gasteiger partial charge in [0.2, 0.25) is 0 Å². The maximum atomic E-state index is 13.5. The number of aliphatic hydroxyl groups is 1. The zero-order valence-electron chi connectivity index (χ0n) is 19.1. The number of hydrogen-bond donors (Lipinski definition) is 2. The Hall–Kier alpha value is -2.92. The van der Waals surface area contributed by atoms with E-state index in [1.807, 2.05) is 12.1 Å². The van der Waals surface area contributed by atoms with E-state index < -0.39 is 23.9 Å². The summed E-state index contributed by atoms with van der Waals surface area (Å²) in [6.07, 6.45) is -3.61. The van der Waals surface area contributed by atoms with Crippen LogP contribution in [0.2, 0.25) is 5.02 Å². The third-order valence-corrected chi connectivity index (χ3v) is 6.70. The van der Waals surface area contributed by atoms with Crippen molar-refractivity contribution in [3.8, 4) is 16.9 Å². The number of nitrogen functional groups attached to an aromatic ring is 1. The number of aliphatic hydroxyl groups excluding tert-OH is 1. The highest BCUT2D eigenvalue weighted by atomic mass is 35.5. The van der Waals surface area contributed by atoms with E-state index in [0.29, 0.717) is 17.7 Å². The fourth-order valence-corrected chi connectivity index (χ4v) is 4.80. The number of rotatable bonds is 5. The molecule has 1 aromatic carbocycles. The number of fused-ring (bicyclic) bond motifs is 1. The van der Waals surface area contributed by atoms with Crippen molar-refractivity contribution < 1.29 is 32.5 Å². The first-order chi connectivity index (χ1) is 17.1. The minimum absolute atomic E-state index is 0.0388. The summed E-state index contributed by atoms with van der Waals surface area (Å²) in [4.78, 5) is 8.70. The van der Waals surface area contributed by atoms with Gasteiger partial charge in [0.1, 0.15) is 18.3 Å². The Kier molecular flexibility index (Phi) is 6.54. The number of pyridine rings is 2. The van der Waals surface area contributed by atoms with Gasteiger partial charge in [0.05, 0.1) is 30.8 Å². The predicted molar refractivity (Wildman–Crippen MR) is 126 cm³/mol. The molecule has 0 saturated carbocycles. The zero-order chi connectivity index (χ0) is 25.6. The minimum atomic E-state index is -4.57. The van der Waals surface area contributed by atoms with Gasteiger partial charge in [0.25, 0.3) is 0 Å². The number of anilines is 1. The summed E-state index contributed by atoms with van der Waals surface area (Å²) in [5, 5.41) is 10.1. The molecule has 0 radical (unpaired) electrons. The molecule has 7 nitrogen and oxygen atoms in total. The van der Waals surface area contributed by atoms with Crippen molar-refractivity contribution >= 4 is 17.4 Å². The molecule has 0 spiro atoms. The second kappa shape index (κ2) is 9.51. The largest absolute Gasteiger partial charge is 0.482 e. The number of nitrogens with two attached hydrogens (primary N) is 1. The standard InChI is InChI=1S/C25H23ClF3N3O4/c1-12(16-7-15(26)3-4-18(16)25(27,28)29)36-21-6-14(9-32-24(21)30)13-2-5-19(31-8-13)17-10-34-23-20(33)11-35-22(17)23/h2-9,12,17,20,22-23,33H,10-11H2,1H3,(H2,30,32)/t12?,17?,20-,22-,23?/m1/s1. The monoisotopic (exact) mass is 521 g/mol. The van der Waals surface area contributed by atoms with Crippen LogP contribution in [-0.4, -0.2) is 46.6 Å². The Bertz CT molecular complexity index is 1260. The van der Waals surface area contributed by atoms with E-state index in [1.165, 1.54) is 25.3 Å². The Morgan fingerprint density at radius 3 is 2.53 bits per heavy atom. The summed E-state index contributed by atoms with van der Waals surface area (Å²) in [7, 11) is 0. The Morgan fingerprint density at radius 2 is 1.81 bits per heavy atom. The topological polar surface area (TPSA) is 99.7 Å². The molecule has 3 unspecified atom stereocenters. The van der Waals surface area contributed by atoms with E-state index >= 15 is 0 Å². The number of aromatic nitrogens is 2. The average molecular weight is 522 g/mol. The van der Waals surface area contributed by atoms with Crippen LogP contribution in [0.25, 0.3) is 11.1 Å². The lowest BCUT2D eigenvalue weighted by Crippen LogP contribution is -2.28. The van der Waals surface area contributed by atoms with Gasteiger partial charge in [-0.2, -0.15) is 13.2 Å². The van der Waals surface area contributed by atoms with Gasteiger partial charge in [-0.15, -0.1) is 0 Å². The van der Waals surface area contributed by atoms with Crippen molar-refractivity contribution in [3.05, 3.63) is 70.6 Å². The maximum absolute atomic E-state index is 13.5. The van der Waals surface area contributed by atoms with Crippen molar-refractivity contribution in [2.45, 2.75) is 43.4 Å². The van der Waals surface area contributed by atoms with Gasteiger partial charge in [-0.25, -0.2) is 4.98 Å². The lowest BCUT2D eigenvalue weighted by Gasteiger charge is -2.21. The SMILES string of the molecule is CC(Oc1cc(-c2ccc(C3COC4[C@@H]3OC[C@H]4O)nc2)cnc1N)c1cc(Cl)ccc1C(F)(F)F. The third-order valence-electron chi connectivity index (χ3n) is 6.47. The number of nitrogens with zero attached hydrogens (tertiary/aromatic N) is 2. The smallest absolute Gasteiger partial charge is 0.416 e. The summed E-state index contributed by atoms with van der Waals surface area (Å²) in [5.41, 5.74) is 7.13. The van der Waals surface area contributed by atoms with Crippen LogP contribution in [-0.2, 0) is 15.7 Å². The Morgan fingerprint density at radius 1 is 1.06 bits per heavy atom. The van der Waals surface area contributed by atoms with Crippen molar-refractivity contribution in [2.75, 3.05) is 18.9 Å². The molecule has 2 aliphatic heterocycles. The zero-order valence-corrected chi connectivity index (χ0v) is 19.8. The second-order valence-electron chi connectivity index (χ2n) is 8.84. The lowest BCUT2D eigenvalue weighted by molar-refractivity contribution is -0.138. The van der Waals surface area contributed by atoms with Gasteiger partial charge in [-0.1, -0.05) is 17.7 Å². The van der Waals surface area contributed by atoms with Gasteiger partial charge in [-0.05, 0) is 37.3 Å². The molecular formula is C25H23ClF3N3O4. The molecule has 11 heteroatoms. The van der Waals surface area contributed by atoms with Gasteiger partial charge in [0, 0.05) is 39.8 Å². The van der Waals surface area contributed by atoms with Crippen LogP contribution in [0, 0.1) is 0 Å². The first-order valence-electron chi connectivity index (χ1n) is 11.3. The van der Waals surface area contributed by atoms with Gasteiger partial charge < -0.3 is 25.1 Å². The van der Waals surface area contributed by atoms with Crippen molar-refractivity contribution in [1.29, 1.82) is 0 Å². The third kappa shape index (κ3) is 4.73. The molecule has 0 amide bonds. The second-order valence-corrected chi connectivity index (χ2v) is 9.27. The highest BCUT2D eigenvalue weighted by molar-refractivity contribution is 6.30. The first-order valence-corrected chi connectivity index (χ1v) is 11.7. The van der Waals surface area contributed by atoms with Gasteiger partial charge >= 0.3 is 6.18 Å². The van der Waals surface area contributed by atoms with Crippen LogP contribution in [0.1, 0.15) is 35.8 Å². The molecule has 190 valence electrons. The molecule has 5 rings (SSSR count). The van der Waals surface area contributed by atoms with E-state index in [1.54, 1.807) is 12.3 Å². The van der Waals surface area contributed by atoms with Crippen LogP contribution in [0.5, 0.6) is 5.75 Å². The lowest BCUT2D eigenvalue weighted by atomic mass is 9.96. The average Bonchev–Trinajstić information content (AvgIpc) is 3.42. The van der Waals surface area contributed by atoms with E-state index in [-0.39, 0.29) is 46.9 Å². The molecular weight excluding hydrogens is 499 g/mol. The summed E-state index contributed by atoms with van der Waals surface area (Å²) >= 11 is 5.95. The molecule has 2 aliphatic rings. The van der Waals surface area contributed by atoms with Crippen molar-refractivity contribution in [1.82, 2.24) is 9.97 Å². The van der Waals surface area contributed by atoms with Crippen molar-refractivity contribution in [2.24, 2.45) is 0 Å². The highest BCUT2D eigenvalue weighted by Crippen LogP contribution is 2.39. The highest BCUT2D eigenvalue weighted by Gasteiger charge is 2.48. The van der Waals surface area contributed by atoms with E-state index in [2.05, 4.69) is 9.97 Å². The van der Waals surface area contributed by atoms with Crippen LogP contribution in [0.15, 0.2) is 48.8 Å². The van der Waals surface area contributed by atoms with Crippen LogP contribution in [0.3, 0.4) is 0 Å². The van der Waals surface area contributed by atoms with Crippen LogP contribution < -0.4 is 10.5 Å². The van der Waals surface area contributed by atoms with Gasteiger partial charge in [0.15, 0.2) is 11.6 Å². The number of hydrogen-bond acceptors (Lipinski definition) is 7. The summed E-state index contributed by atoms with van der Waals surface area (Å²) in [5.74, 6) is 0.0837. The molecule has 2 aromatic heterocycles. The summed E-state index contributed by atoms with van der Waals surface area (Å²) in [6, 6.07) is 8.65. The first kappa shape index (κ1) is 24.8. The van der Waals surface area contributed by atoms with E-state index in [0.717, 1.165) is 11.8 Å². The molecule has 0 aliphatic carbocycles. The molecule has 4 heterocycles. The van der Waals surface area contributed by atoms with Crippen molar-refractivity contribution in [3.63, 3.8) is 0 Å². The normalized spacial score (nSPS) is 24.5. The minimum Gasteiger partial charge on any atom is -0.482 e.